The average molecular weight is 329 g/mol. The first-order valence-electron chi connectivity index (χ1n) is 5.83. The van der Waals surface area contributed by atoms with Gasteiger partial charge in [-0.2, -0.15) is 39.5 Å². The van der Waals surface area contributed by atoms with E-state index in [1.54, 1.807) is 0 Å². The van der Waals surface area contributed by atoms with Crippen LogP contribution >= 0.6 is 0 Å². The lowest BCUT2D eigenvalue weighted by molar-refractivity contribution is -0.246. The predicted octanol–water partition coefficient (Wildman–Crippen LogP) is 4.17. The minimum atomic E-state index is -4.99. The normalized spacial score (nSPS) is 27.5. The molecule has 1 nitrogen and oxygen atoms in total. The summed E-state index contributed by atoms with van der Waals surface area (Å²) < 4.78 is 114. The number of halogens is 9. The Balaban J connectivity index is 3.06. The smallest absolute Gasteiger partial charge is 0.288 e. The molecular weight excluding hydrogens is 317 g/mol. The Labute approximate surface area is 114 Å². The predicted molar refractivity (Wildman–Crippen MR) is 55.3 cm³/mol. The van der Waals surface area contributed by atoms with Gasteiger partial charge in [0, 0.05) is 13.1 Å². The van der Waals surface area contributed by atoms with Crippen LogP contribution in [0.25, 0.3) is 0 Å². The van der Waals surface area contributed by atoms with Gasteiger partial charge in [-0.25, -0.2) is 0 Å². The standard InChI is InChI=1S/C11H12F9N/c1-2-8(11(18,19)20)21-4-6(9(12,13)14)3-7(5-21)10(15,16)17/h2,6-8H,1,3-5H2. The summed E-state index contributed by atoms with van der Waals surface area (Å²) in [5.41, 5.74) is 0. The summed E-state index contributed by atoms with van der Waals surface area (Å²) in [6, 6.07) is -2.53. The van der Waals surface area contributed by atoms with Crippen molar-refractivity contribution in [2.45, 2.75) is 31.0 Å². The van der Waals surface area contributed by atoms with E-state index in [1.807, 2.05) is 0 Å². The van der Waals surface area contributed by atoms with E-state index >= 15 is 0 Å². The summed E-state index contributed by atoms with van der Waals surface area (Å²) >= 11 is 0. The summed E-state index contributed by atoms with van der Waals surface area (Å²) in [6.07, 6.45) is -15.9. The van der Waals surface area contributed by atoms with Crippen LogP contribution in [0.5, 0.6) is 0 Å². The molecule has 0 amide bonds. The molecule has 0 aromatic carbocycles. The fourth-order valence-electron chi connectivity index (χ4n) is 2.32. The van der Waals surface area contributed by atoms with E-state index in [0.29, 0.717) is 6.08 Å². The van der Waals surface area contributed by atoms with Crippen LogP contribution in [0.15, 0.2) is 12.7 Å². The van der Waals surface area contributed by atoms with Gasteiger partial charge in [-0.05, 0) is 6.42 Å². The molecule has 0 N–H and O–H groups in total. The topological polar surface area (TPSA) is 3.24 Å². The summed E-state index contributed by atoms with van der Waals surface area (Å²) in [7, 11) is 0. The molecule has 3 atom stereocenters. The van der Waals surface area contributed by atoms with Crippen LogP contribution in [0.1, 0.15) is 6.42 Å². The lowest BCUT2D eigenvalue weighted by Gasteiger charge is -2.42. The zero-order valence-corrected chi connectivity index (χ0v) is 10.5. The van der Waals surface area contributed by atoms with Gasteiger partial charge in [-0.3, -0.25) is 4.90 Å². The van der Waals surface area contributed by atoms with E-state index in [-0.39, 0.29) is 4.90 Å². The number of alkyl halides is 9. The maximum atomic E-state index is 12.7. The lowest BCUT2D eigenvalue weighted by Crippen LogP contribution is -2.55. The second-order valence-corrected chi connectivity index (χ2v) is 4.89. The Bertz CT molecular complexity index is 345. The number of hydrogen-bond donors (Lipinski definition) is 0. The number of hydrogen-bond acceptors (Lipinski definition) is 1. The van der Waals surface area contributed by atoms with Crippen LogP contribution in [0, 0.1) is 11.8 Å². The van der Waals surface area contributed by atoms with Crippen LogP contribution in [0.3, 0.4) is 0 Å². The van der Waals surface area contributed by atoms with Gasteiger partial charge in [0.05, 0.1) is 11.8 Å². The lowest BCUT2D eigenvalue weighted by atomic mass is 9.87. The molecule has 124 valence electrons. The molecule has 1 heterocycles. The molecule has 0 aromatic rings. The Hall–Kier alpha value is -0.930. The molecule has 0 bridgehead atoms. The second kappa shape index (κ2) is 5.69. The molecule has 21 heavy (non-hydrogen) atoms. The molecule has 1 aliphatic heterocycles. The van der Waals surface area contributed by atoms with E-state index in [2.05, 4.69) is 6.58 Å². The van der Waals surface area contributed by atoms with Gasteiger partial charge in [-0.1, -0.05) is 6.08 Å². The molecule has 1 aliphatic rings. The fourth-order valence-corrected chi connectivity index (χ4v) is 2.32. The van der Waals surface area contributed by atoms with Gasteiger partial charge in [0.25, 0.3) is 0 Å². The molecule has 10 heteroatoms. The first-order valence-corrected chi connectivity index (χ1v) is 5.83. The number of nitrogens with zero attached hydrogens (tertiary/aromatic N) is 1. The van der Waals surface area contributed by atoms with E-state index in [4.69, 9.17) is 0 Å². The van der Waals surface area contributed by atoms with Crippen molar-refractivity contribution in [3.63, 3.8) is 0 Å². The monoisotopic (exact) mass is 329 g/mol. The Morgan fingerprint density at radius 1 is 0.857 bits per heavy atom. The highest BCUT2D eigenvalue weighted by molar-refractivity contribution is 4.98. The van der Waals surface area contributed by atoms with E-state index in [1.165, 1.54) is 0 Å². The third kappa shape index (κ3) is 4.52. The first-order chi connectivity index (χ1) is 9.26. The molecule has 1 fully saturated rings. The summed E-state index contributed by atoms with van der Waals surface area (Å²) in [5.74, 6) is -4.91. The summed E-state index contributed by atoms with van der Waals surface area (Å²) in [5, 5.41) is 0. The SMILES string of the molecule is C=CC(N1CC(C(F)(F)F)CC(C(F)(F)F)C1)C(F)(F)F. The third-order valence-corrected chi connectivity index (χ3v) is 3.36. The number of rotatable bonds is 2. The first kappa shape index (κ1) is 18.1. The minimum absolute atomic E-state index is 0.146. The second-order valence-electron chi connectivity index (χ2n) is 4.89. The molecule has 0 spiro atoms. The molecule has 0 radical (unpaired) electrons. The molecular formula is C11H12F9N. The maximum absolute atomic E-state index is 12.7. The highest BCUT2D eigenvalue weighted by Crippen LogP contribution is 2.43. The largest absolute Gasteiger partial charge is 0.407 e. The molecule has 0 aliphatic carbocycles. The number of piperidine rings is 1. The van der Waals surface area contributed by atoms with Crippen LogP contribution in [0.2, 0.25) is 0 Å². The van der Waals surface area contributed by atoms with Crippen molar-refractivity contribution in [2.75, 3.05) is 13.1 Å². The van der Waals surface area contributed by atoms with Crippen molar-refractivity contribution in [1.29, 1.82) is 0 Å². The van der Waals surface area contributed by atoms with Crippen molar-refractivity contribution in [2.24, 2.45) is 11.8 Å². The van der Waals surface area contributed by atoms with Gasteiger partial charge < -0.3 is 0 Å². The number of likely N-dealkylation sites (tertiary alicyclic amines) is 1. The van der Waals surface area contributed by atoms with Crippen LogP contribution in [-0.4, -0.2) is 42.6 Å². The highest BCUT2D eigenvalue weighted by Gasteiger charge is 2.54. The van der Waals surface area contributed by atoms with Gasteiger partial charge in [0.15, 0.2) is 0 Å². The molecule has 1 rings (SSSR count). The quantitative estimate of drug-likeness (QED) is 0.543. The Morgan fingerprint density at radius 3 is 1.48 bits per heavy atom. The molecule has 1 saturated heterocycles. The Kier molecular flexibility index (Phi) is 4.91. The van der Waals surface area contributed by atoms with Crippen molar-refractivity contribution >= 4 is 0 Å². The van der Waals surface area contributed by atoms with Gasteiger partial charge in [-0.15, -0.1) is 6.58 Å². The summed E-state index contributed by atoms with van der Waals surface area (Å²) in [4.78, 5) is 0.146. The van der Waals surface area contributed by atoms with Crippen molar-refractivity contribution in [1.82, 2.24) is 4.90 Å². The van der Waals surface area contributed by atoms with E-state index in [0.717, 1.165) is 0 Å². The van der Waals surface area contributed by atoms with Gasteiger partial charge >= 0.3 is 18.5 Å². The summed E-state index contributed by atoms with van der Waals surface area (Å²) in [6.45, 7) is 0.588. The van der Waals surface area contributed by atoms with E-state index in [9.17, 15) is 39.5 Å². The van der Waals surface area contributed by atoms with Crippen molar-refractivity contribution in [3.05, 3.63) is 12.7 Å². The van der Waals surface area contributed by atoms with Gasteiger partial charge in [0.1, 0.15) is 6.04 Å². The van der Waals surface area contributed by atoms with Crippen molar-refractivity contribution < 1.29 is 39.5 Å². The molecule has 0 aromatic heterocycles. The maximum Gasteiger partial charge on any atom is 0.407 e. The fraction of sp³-hybridized carbons (Fsp3) is 0.818. The molecule has 0 saturated carbocycles. The zero-order chi connectivity index (χ0) is 16.6. The molecule has 3 unspecified atom stereocenters. The average Bonchev–Trinajstić information content (AvgIpc) is 2.25. The zero-order valence-electron chi connectivity index (χ0n) is 10.5. The third-order valence-electron chi connectivity index (χ3n) is 3.36. The van der Waals surface area contributed by atoms with Crippen LogP contribution in [0.4, 0.5) is 39.5 Å². The van der Waals surface area contributed by atoms with Crippen LogP contribution in [-0.2, 0) is 0 Å². The Morgan fingerprint density at radius 2 is 1.24 bits per heavy atom. The van der Waals surface area contributed by atoms with Gasteiger partial charge in [0.2, 0.25) is 0 Å². The van der Waals surface area contributed by atoms with Crippen LogP contribution < -0.4 is 0 Å². The highest BCUT2D eigenvalue weighted by atomic mass is 19.4. The minimum Gasteiger partial charge on any atom is -0.288 e. The van der Waals surface area contributed by atoms with Crippen molar-refractivity contribution in [3.8, 4) is 0 Å². The van der Waals surface area contributed by atoms with E-state index < -0.39 is 55.9 Å².